The topological polar surface area (TPSA) is 47.0 Å². The number of ether oxygens (including phenoxy) is 1. The predicted molar refractivity (Wildman–Crippen MR) is 85.3 cm³/mol. The lowest BCUT2D eigenvalue weighted by molar-refractivity contribution is 0.439. The summed E-state index contributed by atoms with van der Waals surface area (Å²) in [5.41, 5.74) is 1.93. The van der Waals surface area contributed by atoms with Crippen LogP contribution in [0.5, 0.6) is 11.8 Å². The second kappa shape index (κ2) is 7.59. The lowest BCUT2D eigenvalue weighted by atomic mass is 10.2. The summed E-state index contributed by atoms with van der Waals surface area (Å²) in [6, 6.07) is 5.27. The molecule has 0 aliphatic carbocycles. The SMILES string of the molecule is CCCNCc1cnc(Oc2cc(Cl)ccc2Cl)nc1C. The molecule has 0 amide bonds. The number of benzene rings is 1. The third kappa shape index (κ3) is 4.56. The standard InChI is InChI=1S/C15H17Cl2N3O/c1-3-6-18-8-11-9-19-15(20-10(11)2)21-14-7-12(16)4-5-13(14)17/h4-5,7,9,18H,3,6,8H2,1-2H3. The Hall–Kier alpha value is -1.36. The Labute approximate surface area is 134 Å². The van der Waals surface area contributed by atoms with Crippen molar-refractivity contribution in [2.75, 3.05) is 6.54 Å². The van der Waals surface area contributed by atoms with E-state index in [9.17, 15) is 0 Å². The van der Waals surface area contributed by atoms with Crippen LogP contribution in [0.15, 0.2) is 24.4 Å². The molecule has 4 nitrogen and oxygen atoms in total. The molecule has 1 heterocycles. The molecule has 0 unspecified atom stereocenters. The van der Waals surface area contributed by atoms with Crippen LogP contribution in [0.4, 0.5) is 0 Å². The number of aryl methyl sites for hydroxylation is 1. The van der Waals surface area contributed by atoms with Crippen molar-refractivity contribution in [2.24, 2.45) is 0 Å². The van der Waals surface area contributed by atoms with E-state index < -0.39 is 0 Å². The van der Waals surface area contributed by atoms with Crippen molar-refractivity contribution in [1.82, 2.24) is 15.3 Å². The van der Waals surface area contributed by atoms with Gasteiger partial charge in [0.25, 0.3) is 0 Å². The summed E-state index contributed by atoms with van der Waals surface area (Å²) in [5, 5.41) is 4.33. The minimum atomic E-state index is 0.260. The molecule has 0 fully saturated rings. The van der Waals surface area contributed by atoms with Gasteiger partial charge in [0.15, 0.2) is 5.75 Å². The highest BCUT2D eigenvalue weighted by atomic mass is 35.5. The van der Waals surface area contributed by atoms with Crippen LogP contribution in [0.1, 0.15) is 24.6 Å². The number of halogens is 2. The Morgan fingerprint density at radius 2 is 2.10 bits per heavy atom. The zero-order valence-corrected chi connectivity index (χ0v) is 13.5. The number of nitrogens with zero attached hydrogens (tertiary/aromatic N) is 2. The van der Waals surface area contributed by atoms with E-state index in [1.54, 1.807) is 24.4 Å². The lowest BCUT2D eigenvalue weighted by Crippen LogP contribution is -2.15. The Kier molecular flexibility index (Phi) is 5.79. The Morgan fingerprint density at radius 1 is 1.29 bits per heavy atom. The average Bonchev–Trinajstić information content (AvgIpc) is 2.45. The van der Waals surface area contributed by atoms with Crippen LogP contribution in [0.3, 0.4) is 0 Å². The fourth-order valence-electron chi connectivity index (χ4n) is 1.75. The van der Waals surface area contributed by atoms with Gasteiger partial charge in [-0.2, -0.15) is 4.98 Å². The van der Waals surface area contributed by atoms with Gasteiger partial charge in [-0.3, -0.25) is 0 Å². The monoisotopic (exact) mass is 325 g/mol. The van der Waals surface area contributed by atoms with E-state index in [2.05, 4.69) is 22.2 Å². The highest BCUT2D eigenvalue weighted by Crippen LogP contribution is 2.30. The number of hydrogen-bond donors (Lipinski definition) is 1. The highest BCUT2D eigenvalue weighted by molar-refractivity contribution is 6.34. The number of hydrogen-bond acceptors (Lipinski definition) is 4. The van der Waals surface area contributed by atoms with Gasteiger partial charge in [-0.15, -0.1) is 0 Å². The molecule has 1 N–H and O–H groups in total. The summed E-state index contributed by atoms with van der Waals surface area (Å²) in [4.78, 5) is 8.55. The van der Waals surface area contributed by atoms with Crippen LogP contribution in [-0.2, 0) is 6.54 Å². The number of nitrogens with one attached hydrogen (secondary N) is 1. The van der Waals surface area contributed by atoms with Crippen LogP contribution >= 0.6 is 23.2 Å². The van der Waals surface area contributed by atoms with Crippen LogP contribution in [0.2, 0.25) is 10.0 Å². The van der Waals surface area contributed by atoms with Gasteiger partial charge in [0, 0.05) is 35.1 Å². The average molecular weight is 326 g/mol. The van der Waals surface area contributed by atoms with E-state index in [4.69, 9.17) is 27.9 Å². The zero-order valence-electron chi connectivity index (χ0n) is 12.0. The zero-order chi connectivity index (χ0) is 15.2. The summed E-state index contributed by atoms with van der Waals surface area (Å²) in [6.07, 6.45) is 2.85. The van der Waals surface area contributed by atoms with Gasteiger partial charge in [-0.05, 0) is 32.0 Å². The first-order chi connectivity index (χ1) is 10.1. The summed E-state index contributed by atoms with van der Waals surface area (Å²) >= 11 is 12.0. The lowest BCUT2D eigenvalue weighted by Gasteiger charge is -2.09. The van der Waals surface area contributed by atoms with Gasteiger partial charge in [-0.1, -0.05) is 30.1 Å². The maximum absolute atomic E-state index is 6.05. The molecule has 6 heteroatoms. The number of aromatic nitrogens is 2. The molecule has 0 aliphatic heterocycles. The third-order valence-corrected chi connectivity index (χ3v) is 3.44. The summed E-state index contributed by atoms with van der Waals surface area (Å²) < 4.78 is 5.59. The molecular formula is C15H17Cl2N3O. The van der Waals surface area contributed by atoms with E-state index in [-0.39, 0.29) is 6.01 Å². The third-order valence-electron chi connectivity index (χ3n) is 2.90. The van der Waals surface area contributed by atoms with Crippen LogP contribution in [0, 0.1) is 6.92 Å². The first-order valence-electron chi connectivity index (χ1n) is 6.76. The van der Waals surface area contributed by atoms with Crippen LogP contribution < -0.4 is 10.1 Å². The minimum absolute atomic E-state index is 0.260. The summed E-state index contributed by atoms with van der Waals surface area (Å²) in [7, 11) is 0. The van der Waals surface area contributed by atoms with E-state index in [1.165, 1.54) is 0 Å². The molecule has 1 aromatic carbocycles. The van der Waals surface area contributed by atoms with Crippen LogP contribution in [0.25, 0.3) is 0 Å². The second-order valence-electron chi connectivity index (χ2n) is 4.62. The molecule has 2 rings (SSSR count). The van der Waals surface area contributed by atoms with E-state index in [0.717, 1.165) is 30.8 Å². The van der Waals surface area contributed by atoms with Crippen molar-refractivity contribution < 1.29 is 4.74 Å². The molecule has 21 heavy (non-hydrogen) atoms. The van der Waals surface area contributed by atoms with Crippen molar-refractivity contribution in [2.45, 2.75) is 26.8 Å². The molecule has 0 spiro atoms. The molecule has 0 saturated carbocycles. The van der Waals surface area contributed by atoms with Gasteiger partial charge in [0.1, 0.15) is 0 Å². The number of rotatable bonds is 6. The summed E-state index contributed by atoms with van der Waals surface area (Å²) in [6.45, 7) is 5.77. The van der Waals surface area contributed by atoms with Crippen LogP contribution in [-0.4, -0.2) is 16.5 Å². The molecule has 2 aromatic rings. The first kappa shape index (κ1) is 16.0. The molecule has 0 atom stereocenters. The molecule has 1 aromatic heterocycles. The van der Waals surface area contributed by atoms with E-state index >= 15 is 0 Å². The smallest absolute Gasteiger partial charge is 0.322 e. The highest BCUT2D eigenvalue weighted by Gasteiger charge is 2.08. The van der Waals surface area contributed by atoms with Crippen molar-refractivity contribution in [1.29, 1.82) is 0 Å². The maximum Gasteiger partial charge on any atom is 0.322 e. The van der Waals surface area contributed by atoms with Crippen molar-refractivity contribution >= 4 is 23.2 Å². The van der Waals surface area contributed by atoms with Gasteiger partial charge in [0.05, 0.1) is 5.02 Å². The summed E-state index contributed by atoms with van der Waals surface area (Å²) in [5.74, 6) is 0.445. The van der Waals surface area contributed by atoms with Gasteiger partial charge in [-0.25, -0.2) is 4.98 Å². The molecule has 0 bridgehead atoms. The maximum atomic E-state index is 6.05. The largest absolute Gasteiger partial charge is 0.423 e. The molecule has 112 valence electrons. The van der Waals surface area contributed by atoms with Gasteiger partial charge < -0.3 is 10.1 Å². The van der Waals surface area contributed by atoms with Gasteiger partial charge >= 0.3 is 6.01 Å². The predicted octanol–water partition coefficient (Wildman–Crippen LogP) is 4.38. The van der Waals surface area contributed by atoms with E-state index in [0.29, 0.717) is 15.8 Å². The second-order valence-corrected chi connectivity index (χ2v) is 5.46. The normalized spacial score (nSPS) is 10.7. The van der Waals surface area contributed by atoms with Crippen molar-refractivity contribution in [3.8, 4) is 11.8 Å². The Balaban J connectivity index is 2.11. The van der Waals surface area contributed by atoms with Crippen molar-refractivity contribution in [3.63, 3.8) is 0 Å². The fourth-order valence-corrected chi connectivity index (χ4v) is 2.07. The minimum Gasteiger partial charge on any atom is -0.423 e. The van der Waals surface area contributed by atoms with Gasteiger partial charge in [0.2, 0.25) is 0 Å². The van der Waals surface area contributed by atoms with Crippen molar-refractivity contribution in [3.05, 3.63) is 45.7 Å². The Morgan fingerprint density at radius 3 is 2.81 bits per heavy atom. The Bertz CT molecular complexity index is 620. The fraction of sp³-hybridized carbons (Fsp3) is 0.333. The molecule has 0 aliphatic rings. The van der Waals surface area contributed by atoms with E-state index in [1.807, 2.05) is 6.92 Å². The first-order valence-corrected chi connectivity index (χ1v) is 7.52. The quantitative estimate of drug-likeness (QED) is 0.800. The molecule has 0 saturated heterocycles. The molecular weight excluding hydrogens is 309 g/mol. The molecule has 0 radical (unpaired) electrons.